The number of anilines is 1. The van der Waals surface area contributed by atoms with E-state index < -0.39 is 0 Å². The molecule has 1 aliphatic rings. The van der Waals surface area contributed by atoms with Gasteiger partial charge in [-0.15, -0.1) is 0 Å². The van der Waals surface area contributed by atoms with Gasteiger partial charge >= 0.3 is 0 Å². The average molecular weight is 265 g/mol. The summed E-state index contributed by atoms with van der Waals surface area (Å²) in [6.07, 6.45) is 0.986. The quantitative estimate of drug-likeness (QED) is 0.622. The Hall–Kier alpha value is -1.66. The summed E-state index contributed by atoms with van der Waals surface area (Å²) in [5, 5.41) is 23.0. The van der Waals surface area contributed by atoms with Gasteiger partial charge in [-0.05, 0) is 30.5 Å². The standard InChI is InChI=1S/C13H19N3O3/c1-14-13-3-2-12(16(18)19)6-11(13)8-15-5-4-10(7-15)9-17/h2-3,6,10,14,17H,4-5,7-9H2,1H3. The number of nitro groups is 1. The Morgan fingerprint density at radius 3 is 2.95 bits per heavy atom. The third-order valence-electron chi connectivity index (χ3n) is 3.59. The Morgan fingerprint density at radius 1 is 1.58 bits per heavy atom. The zero-order valence-electron chi connectivity index (χ0n) is 11.0. The van der Waals surface area contributed by atoms with Crippen molar-refractivity contribution in [2.45, 2.75) is 13.0 Å². The second-order valence-corrected chi connectivity index (χ2v) is 4.92. The van der Waals surface area contributed by atoms with Crippen LogP contribution in [-0.2, 0) is 6.54 Å². The summed E-state index contributed by atoms with van der Waals surface area (Å²) in [7, 11) is 1.81. The molecule has 2 N–H and O–H groups in total. The van der Waals surface area contributed by atoms with E-state index in [0.717, 1.165) is 30.8 Å². The van der Waals surface area contributed by atoms with E-state index >= 15 is 0 Å². The van der Waals surface area contributed by atoms with Crippen LogP contribution in [-0.4, -0.2) is 41.7 Å². The number of nitrogens with one attached hydrogen (secondary N) is 1. The molecule has 19 heavy (non-hydrogen) atoms. The van der Waals surface area contributed by atoms with Gasteiger partial charge < -0.3 is 10.4 Å². The molecule has 1 unspecified atom stereocenters. The highest BCUT2D eigenvalue weighted by Crippen LogP contribution is 2.25. The maximum absolute atomic E-state index is 10.8. The average Bonchev–Trinajstić information content (AvgIpc) is 2.86. The molecule has 0 aliphatic carbocycles. The molecule has 0 radical (unpaired) electrons. The molecule has 0 saturated carbocycles. The van der Waals surface area contributed by atoms with Gasteiger partial charge in [0.15, 0.2) is 0 Å². The van der Waals surface area contributed by atoms with Gasteiger partial charge in [-0.3, -0.25) is 15.0 Å². The SMILES string of the molecule is CNc1ccc([N+](=O)[O-])cc1CN1CCC(CO)C1. The van der Waals surface area contributed by atoms with Crippen LogP contribution in [0.4, 0.5) is 11.4 Å². The number of rotatable bonds is 5. The van der Waals surface area contributed by atoms with E-state index in [0.29, 0.717) is 12.5 Å². The number of non-ortho nitro benzene ring substituents is 1. The van der Waals surface area contributed by atoms with Crippen molar-refractivity contribution in [1.29, 1.82) is 0 Å². The van der Waals surface area contributed by atoms with E-state index in [1.165, 1.54) is 6.07 Å². The summed E-state index contributed by atoms with van der Waals surface area (Å²) in [6, 6.07) is 4.88. The zero-order chi connectivity index (χ0) is 13.8. The highest BCUT2D eigenvalue weighted by molar-refractivity contribution is 5.55. The van der Waals surface area contributed by atoms with Crippen molar-refractivity contribution >= 4 is 11.4 Å². The van der Waals surface area contributed by atoms with Crippen LogP contribution in [0.25, 0.3) is 0 Å². The monoisotopic (exact) mass is 265 g/mol. The smallest absolute Gasteiger partial charge is 0.269 e. The largest absolute Gasteiger partial charge is 0.396 e. The van der Waals surface area contributed by atoms with Crippen LogP contribution in [0.2, 0.25) is 0 Å². The van der Waals surface area contributed by atoms with Gasteiger partial charge in [-0.25, -0.2) is 0 Å². The normalized spacial score (nSPS) is 19.6. The molecule has 1 saturated heterocycles. The fourth-order valence-corrected chi connectivity index (χ4v) is 2.51. The highest BCUT2D eigenvalue weighted by Gasteiger charge is 2.23. The first-order valence-corrected chi connectivity index (χ1v) is 6.42. The maximum atomic E-state index is 10.8. The summed E-state index contributed by atoms with van der Waals surface area (Å²) in [5.41, 5.74) is 1.96. The molecule has 1 aliphatic heterocycles. The minimum atomic E-state index is -0.372. The predicted octanol–water partition coefficient (Wildman–Crippen LogP) is 1.45. The summed E-state index contributed by atoms with van der Waals surface area (Å²) < 4.78 is 0. The summed E-state index contributed by atoms with van der Waals surface area (Å²) in [5.74, 6) is 0.330. The lowest BCUT2D eigenvalue weighted by atomic mass is 10.1. The molecule has 1 aromatic carbocycles. The van der Waals surface area contributed by atoms with Crippen molar-refractivity contribution in [2.75, 3.05) is 32.1 Å². The Balaban J connectivity index is 2.14. The Labute approximate surface area is 112 Å². The number of nitrogens with zero attached hydrogens (tertiary/aromatic N) is 2. The van der Waals surface area contributed by atoms with Gasteiger partial charge in [-0.1, -0.05) is 0 Å². The number of benzene rings is 1. The maximum Gasteiger partial charge on any atom is 0.269 e. The predicted molar refractivity (Wildman–Crippen MR) is 73.1 cm³/mol. The molecule has 1 atom stereocenters. The van der Waals surface area contributed by atoms with Gasteiger partial charge in [0.05, 0.1) is 4.92 Å². The molecule has 2 rings (SSSR count). The van der Waals surface area contributed by atoms with Crippen LogP contribution in [0.3, 0.4) is 0 Å². The first-order valence-electron chi connectivity index (χ1n) is 6.42. The van der Waals surface area contributed by atoms with Crippen molar-refractivity contribution in [1.82, 2.24) is 4.90 Å². The molecule has 6 nitrogen and oxygen atoms in total. The van der Waals surface area contributed by atoms with Crippen LogP contribution >= 0.6 is 0 Å². The number of nitro benzene ring substituents is 1. The van der Waals surface area contributed by atoms with E-state index in [9.17, 15) is 10.1 Å². The number of likely N-dealkylation sites (tertiary alicyclic amines) is 1. The van der Waals surface area contributed by atoms with Crippen molar-refractivity contribution in [2.24, 2.45) is 5.92 Å². The van der Waals surface area contributed by atoms with Gasteiger partial charge in [0.2, 0.25) is 0 Å². The first kappa shape index (κ1) is 13.8. The number of hydrogen-bond donors (Lipinski definition) is 2. The lowest BCUT2D eigenvalue weighted by Crippen LogP contribution is -2.21. The molecule has 0 spiro atoms. The van der Waals surface area contributed by atoms with Crippen LogP contribution in [0.5, 0.6) is 0 Å². The number of aliphatic hydroxyl groups excluding tert-OH is 1. The van der Waals surface area contributed by atoms with E-state index in [2.05, 4.69) is 10.2 Å². The first-order chi connectivity index (χ1) is 9.13. The van der Waals surface area contributed by atoms with Crippen molar-refractivity contribution in [3.05, 3.63) is 33.9 Å². The second-order valence-electron chi connectivity index (χ2n) is 4.92. The Kier molecular flexibility index (Phi) is 4.34. The molecule has 1 heterocycles. The zero-order valence-corrected chi connectivity index (χ0v) is 11.0. The molecule has 1 aromatic rings. The Bertz CT molecular complexity index is 464. The molecule has 0 amide bonds. The Morgan fingerprint density at radius 2 is 2.37 bits per heavy atom. The van der Waals surface area contributed by atoms with Gasteiger partial charge in [-0.2, -0.15) is 0 Å². The second kappa shape index (κ2) is 5.99. The van der Waals surface area contributed by atoms with Crippen LogP contribution in [0, 0.1) is 16.0 Å². The minimum Gasteiger partial charge on any atom is -0.396 e. The third-order valence-corrected chi connectivity index (χ3v) is 3.59. The number of hydrogen-bond acceptors (Lipinski definition) is 5. The molecule has 0 bridgehead atoms. The van der Waals surface area contributed by atoms with Gasteiger partial charge in [0, 0.05) is 44.6 Å². The lowest BCUT2D eigenvalue weighted by Gasteiger charge is -2.18. The summed E-state index contributed by atoms with van der Waals surface area (Å²) >= 11 is 0. The fourth-order valence-electron chi connectivity index (χ4n) is 2.51. The van der Waals surface area contributed by atoms with E-state index in [-0.39, 0.29) is 17.2 Å². The lowest BCUT2D eigenvalue weighted by molar-refractivity contribution is -0.384. The molecule has 6 heteroatoms. The van der Waals surface area contributed by atoms with E-state index in [1.54, 1.807) is 12.1 Å². The summed E-state index contributed by atoms with van der Waals surface area (Å²) in [6.45, 7) is 2.66. The van der Waals surface area contributed by atoms with Gasteiger partial charge in [0.25, 0.3) is 5.69 Å². The summed E-state index contributed by atoms with van der Waals surface area (Å²) in [4.78, 5) is 12.7. The van der Waals surface area contributed by atoms with Crippen molar-refractivity contribution < 1.29 is 10.0 Å². The molecular weight excluding hydrogens is 246 g/mol. The molecule has 1 fully saturated rings. The molecular formula is C13H19N3O3. The van der Waals surface area contributed by atoms with Crippen LogP contribution < -0.4 is 5.32 Å². The van der Waals surface area contributed by atoms with E-state index in [1.807, 2.05) is 7.05 Å². The van der Waals surface area contributed by atoms with Crippen LogP contribution in [0.15, 0.2) is 18.2 Å². The number of aliphatic hydroxyl groups is 1. The van der Waals surface area contributed by atoms with Crippen LogP contribution in [0.1, 0.15) is 12.0 Å². The topological polar surface area (TPSA) is 78.6 Å². The van der Waals surface area contributed by atoms with E-state index in [4.69, 9.17) is 5.11 Å². The van der Waals surface area contributed by atoms with Crippen molar-refractivity contribution in [3.8, 4) is 0 Å². The fraction of sp³-hybridized carbons (Fsp3) is 0.538. The highest BCUT2D eigenvalue weighted by atomic mass is 16.6. The minimum absolute atomic E-state index is 0.118. The molecule has 0 aromatic heterocycles. The van der Waals surface area contributed by atoms with Gasteiger partial charge in [0.1, 0.15) is 0 Å². The van der Waals surface area contributed by atoms with Crippen molar-refractivity contribution in [3.63, 3.8) is 0 Å². The molecule has 104 valence electrons. The third kappa shape index (κ3) is 3.21.